The van der Waals surface area contributed by atoms with Crippen LogP contribution in [0.2, 0.25) is 5.02 Å². The normalized spacial score (nSPS) is 10.2. The average molecular weight is 295 g/mol. The van der Waals surface area contributed by atoms with Crippen LogP contribution in [0.3, 0.4) is 0 Å². The Labute approximate surface area is 120 Å². The molecule has 2 rings (SSSR count). The molecule has 2 aromatic carbocycles. The van der Waals surface area contributed by atoms with E-state index in [1.165, 1.54) is 17.8 Å². The molecule has 0 spiro atoms. The Morgan fingerprint density at radius 1 is 1.16 bits per heavy atom. The lowest BCUT2D eigenvalue weighted by Gasteiger charge is -2.05. The minimum absolute atomic E-state index is 0.112. The van der Waals surface area contributed by atoms with Crippen LogP contribution in [0.4, 0.5) is 0 Å². The van der Waals surface area contributed by atoms with Gasteiger partial charge in [-0.1, -0.05) is 23.4 Å². The van der Waals surface area contributed by atoms with Gasteiger partial charge in [-0.3, -0.25) is 0 Å². The van der Waals surface area contributed by atoms with Crippen molar-refractivity contribution in [3.63, 3.8) is 0 Å². The number of ether oxygens (including phenoxy) is 1. The second-order valence-corrected chi connectivity index (χ2v) is 5.28. The number of benzene rings is 2. The van der Waals surface area contributed by atoms with E-state index in [1.54, 1.807) is 19.2 Å². The van der Waals surface area contributed by atoms with Gasteiger partial charge in [0.25, 0.3) is 0 Å². The van der Waals surface area contributed by atoms with Gasteiger partial charge >= 0.3 is 5.97 Å². The summed E-state index contributed by atoms with van der Waals surface area (Å²) < 4.78 is 5.08. The van der Waals surface area contributed by atoms with E-state index < -0.39 is 5.97 Å². The van der Waals surface area contributed by atoms with Crippen LogP contribution in [0.15, 0.2) is 52.3 Å². The molecule has 0 aromatic heterocycles. The van der Waals surface area contributed by atoms with Crippen molar-refractivity contribution in [1.82, 2.24) is 0 Å². The fraction of sp³-hybridized carbons (Fsp3) is 0.0714. The first-order valence-corrected chi connectivity index (χ1v) is 6.64. The van der Waals surface area contributed by atoms with Gasteiger partial charge in [-0.15, -0.1) is 0 Å². The van der Waals surface area contributed by atoms with E-state index in [2.05, 4.69) is 0 Å². The SMILES string of the molecule is COc1ccc(Sc2ccc(C(=O)O)c(Cl)c2)cc1. The molecule has 1 N–H and O–H groups in total. The van der Waals surface area contributed by atoms with Gasteiger partial charge in [0.15, 0.2) is 0 Å². The Balaban J connectivity index is 2.18. The number of carbonyl (C=O) groups is 1. The van der Waals surface area contributed by atoms with Gasteiger partial charge in [-0.2, -0.15) is 0 Å². The molecule has 0 aliphatic heterocycles. The smallest absolute Gasteiger partial charge is 0.337 e. The van der Waals surface area contributed by atoms with Crippen molar-refractivity contribution < 1.29 is 14.6 Å². The third-order valence-corrected chi connectivity index (χ3v) is 3.78. The number of carboxylic acid groups (broad SMARTS) is 1. The molecule has 0 fully saturated rings. The second kappa shape index (κ2) is 5.99. The molecule has 98 valence electrons. The quantitative estimate of drug-likeness (QED) is 0.918. The molecule has 5 heteroatoms. The first-order chi connectivity index (χ1) is 9.10. The summed E-state index contributed by atoms with van der Waals surface area (Å²) in [7, 11) is 1.62. The zero-order chi connectivity index (χ0) is 13.8. The fourth-order valence-corrected chi connectivity index (χ4v) is 2.70. The van der Waals surface area contributed by atoms with Crippen LogP contribution in [-0.2, 0) is 0 Å². The molecule has 0 saturated heterocycles. The van der Waals surface area contributed by atoms with Crippen LogP contribution >= 0.6 is 23.4 Å². The lowest BCUT2D eigenvalue weighted by Crippen LogP contribution is -1.96. The lowest BCUT2D eigenvalue weighted by atomic mass is 10.2. The first kappa shape index (κ1) is 13.8. The van der Waals surface area contributed by atoms with Crippen molar-refractivity contribution in [3.05, 3.63) is 53.1 Å². The standard InChI is InChI=1S/C14H11ClO3S/c1-18-9-2-4-10(5-3-9)19-11-6-7-12(14(16)17)13(15)8-11/h2-8H,1H3,(H,16,17). The highest BCUT2D eigenvalue weighted by Gasteiger charge is 2.09. The van der Waals surface area contributed by atoms with Gasteiger partial charge < -0.3 is 9.84 Å². The highest BCUT2D eigenvalue weighted by molar-refractivity contribution is 7.99. The van der Waals surface area contributed by atoms with Gasteiger partial charge in [-0.05, 0) is 42.5 Å². The molecule has 0 amide bonds. The maximum absolute atomic E-state index is 10.9. The summed E-state index contributed by atoms with van der Waals surface area (Å²) in [5.41, 5.74) is 0.112. The number of aromatic carboxylic acids is 1. The molecule has 19 heavy (non-hydrogen) atoms. The number of hydrogen-bond acceptors (Lipinski definition) is 3. The van der Waals surface area contributed by atoms with Crippen molar-refractivity contribution in [3.8, 4) is 5.75 Å². The van der Waals surface area contributed by atoms with Crippen molar-refractivity contribution in [2.24, 2.45) is 0 Å². The lowest BCUT2D eigenvalue weighted by molar-refractivity contribution is 0.0697. The summed E-state index contributed by atoms with van der Waals surface area (Å²) in [6.07, 6.45) is 0. The van der Waals surface area contributed by atoms with Crippen LogP contribution in [0.5, 0.6) is 5.75 Å². The molecule has 0 saturated carbocycles. The number of carboxylic acids is 1. The van der Waals surface area contributed by atoms with Crippen molar-refractivity contribution in [1.29, 1.82) is 0 Å². The average Bonchev–Trinajstić information content (AvgIpc) is 2.39. The van der Waals surface area contributed by atoms with Crippen LogP contribution in [0.25, 0.3) is 0 Å². The summed E-state index contributed by atoms with van der Waals surface area (Å²) in [6, 6.07) is 12.5. The van der Waals surface area contributed by atoms with Gasteiger partial charge in [0.05, 0.1) is 17.7 Å². The summed E-state index contributed by atoms with van der Waals surface area (Å²) in [6.45, 7) is 0. The number of methoxy groups -OCH3 is 1. The maximum Gasteiger partial charge on any atom is 0.337 e. The molecule has 0 aliphatic rings. The molecule has 0 bridgehead atoms. The van der Waals surface area contributed by atoms with Crippen LogP contribution in [-0.4, -0.2) is 18.2 Å². The van der Waals surface area contributed by atoms with E-state index >= 15 is 0 Å². The molecule has 0 heterocycles. The van der Waals surface area contributed by atoms with Crippen LogP contribution in [0, 0.1) is 0 Å². The van der Waals surface area contributed by atoms with Crippen molar-refractivity contribution in [2.45, 2.75) is 9.79 Å². The molecule has 0 unspecified atom stereocenters. The van der Waals surface area contributed by atoms with Gasteiger partial charge in [0.2, 0.25) is 0 Å². The molecular formula is C14H11ClO3S. The largest absolute Gasteiger partial charge is 0.497 e. The summed E-state index contributed by atoms with van der Waals surface area (Å²) in [4.78, 5) is 12.8. The molecule has 3 nitrogen and oxygen atoms in total. The Kier molecular flexibility index (Phi) is 4.35. The highest BCUT2D eigenvalue weighted by Crippen LogP contribution is 2.31. The van der Waals surface area contributed by atoms with Crippen LogP contribution < -0.4 is 4.74 Å². The van der Waals surface area contributed by atoms with E-state index in [0.29, 0.717) is 0 Å². The molecule has 0 atom stereocenters. The van der Waals surface area contributed by atoms with Gasteiger partial charge in [0, 0.05) is 9.79 Å². The molecule has 2 aromatic rings. The van der Waals surface area contributed by atoms with Gasteiger partial charge in [-0.25, -0.2) is 4.79 Å². The van der Waals surface area contributed by atoms with E-state index in [4.69, 9.17) is 21.4 Å². The zero-order valence-corrected chi connectivity index (χ0v) is 11.7. The topological polar surface area (TPSA) is 46.5 Å². The van der Waals surface area contributed by atoms with E-state index in [1.807, 2.05) is 24.3 Å². The summed E-state index contributed by atoms with van der Waals surface area (Å²) in [5.74, 6) is -0.227. The van der Waals surface area contributed by atoms with Crippen LogP contribution in [0.1, 0.15) is 10.4 Å². The third-order valence-electron chi connectivity index (χ3n) is 2.47. The van der Waals surface area contributed by atoms with Crippen molar-refractivity contribution >= 4 is 29.3 Å². The Hall–Kier alpha value is -1.65. The summed E-state index contributed by atoms with van der Waals surface area (Å²) >= 11 is 7.43. The monoisotopic (exact) mass is 294 g/mol. The third kappa shape index (κ3) is 3.43. The number of hydrogen-bond donors (Lipinski definition) is 1. The first-order valence-electron chi connectivity index (χ1n) is 5.45. The van der Waals surface area contributed by atoms with E-state index in [9.17, 15) is 4.79 Å². The minimum Gasteiger partial charge on any atom is -0.497 e. The minimum atomic E-state index is -1.02. The number of halogens is 1. The zero-order valence-electron chi connectivity index (χ0n) is 10.1. The predicted molar refractivity (Wildman–Crippen MR) is 75.5 cm³/mol. The Morgan fingerprint density at radius 3 is 2.32 bits per heavy atom. The maximum atomic E-state index is 10.9. The Morgan fingerprint density at radius 2 is 1.79 bits per heavy atom. The molecular weight excluding hydrogens is 284 g/mol. The van der Waals surface area contributed by atoms with E-state index in [-0.39, 0.29) is 10.6 Å². The van der Waals surface area contributed by atoms with Crippen molar-refractivity contribution in [2.75, 3.05) is 7.11 Å². The second-order valence-electron chi connectivity index (χ2n) is 3.72. The fourth-order valence-electron chi connectivity index (χ4n) is 1.51. The molecule has 0 aliphatic carbocycles. The Bertz CT molecular complexity index is 596. The van der Waals surface area contributed by atoms with Gasteiger partial charge in [0.1, 0.15) is 5.75 Å². The number of rotatable bonds is 4. The highest BCUT2D eigenvalue weighted by atomic mass is 35.5. The predicted octanol–water partition coefficient (Wildman–Crippen LogP) is 4.20. The summed E-state index contributed by atoms with van der Waals surface area (Å²) in [5, 5.41) is 9.14. The molecule has 0 radical (unpaired) electrons. The van der Waals surface area contributed by atoms with E-state index in [0.717, 1.165) is 15.5 Å².